The van der Waals surface area contributed by atoms with Crippen molar-refractivity contribution in [3.63, 3.8) is 0 Å². The smallest absolute Gasteiger partial charge is 0.132 e. The number of nitriles is 1. The molecule has 0 spiro atoms. The number of ether oxygens (including phenoxy) is 1. The molecule has 1 rings (SSSR count). The molecule has 1 aromatic carbocycles. The standard InChI is InChI=1S/C12H14BrFN2O/c1-12(8-15,16-5-6-17-2)10-7-9(13)3-4-11(10)14/h3-4,7,16H,5-6H2,1-2H3. The molecule has 0 bridgehead atoms. The minimum absolute atomic E-state index is 0.325. The maximum Gasteiger partial charge on any atom is 0.132 e. The first-order chi connectivity index (χ1) is 8.03. The molecule has 0 aliphatic carbocycles. The van der Waals surface area contributed by atoms with Crippen molar-refractivity contribution in [2.24, 2.45) is 0 Å². The van der Waals surface area contributed by atoms with Crippen LogP contribution in [-0.2, 0) is 10.3 Å². The number of methoxy groups -OCH3 is 1. The molecule has 1 N–H and O–H groups in total. The lowest BCUT2D eigenvalue weighted by atomic mass is 9.93. The van der Waals surface area contributed by atoms with Gasteiger partial charge in [0.25, 0.3) is 0 Å². The molecule has 5 heteroatoms. The third-order valence-electron chi connectivity index (χ3n) is 2.48. The van der Waals surface area contributed by atoms with Crippen molar-refractivity contribution in [3.8, 4) is 6.07 Å². The summed E-state index contributed by atoms with van der Waals surface area (Å²) in [5, 5.41) is 12.2. The fraction of sp³-hybridized carbons (Fsp3) is 0.417. The Hall–Kier alpha value is -0.960. The summed E-state index contributed by atoms with van der Waals surface area (Å²) < 4.78 is 19.4. The van der Waals surface area contributed by atoms with E-state index in [4.69, 9.17) is 4.74 Å². The Morgan fingerprint density at radius 2 is 2.29 bits per heavy atom. The van der Waals surface area contributed by atoms with Gasteiger partial charge in [-0.3, -0.25) is 5.32 Å². The monoisotopic (exact) mass is 300 g/mol. The van der Waals surface area contributed by atoms with Gasteiger partial charge in [-0.15, -0.1) is 0 Å². The summed E-state index contributed by atoms with van der Waals surface area (Å²) >= 11 is 3.27. The van der Waals surface area contributed by atoms with E-state index in [0.29, 0.717) is 18.7 Å². The van der Waals surface area contributed by atoms with Crippen molar-refractivity contribution in [1.82, 2.24) is 5.32 Å². The minimum atomic E-state index is -1.06. The zero-order valence-electron chi connectivity index (χ0n) is 9.76. The van der Waals surface area contributed by atoms with Gasteiger partial charge in [-0.1, -0.05) is 15.9 Å². The van der Waals surface area contributed by atoms with Crippen molar-refractivity contribution >= 4 is 15.9 Å². The fourth-order valence-electron chi connectivity index (χ4n) is 1.48. The van der Waals surface area contributed by atoms with E-state index in [1.165, 1.54) is 6.07 Å². The summed E-state index contributed by atoms with van der Waals surface area (Å²) in [5.41, 5.74) is -0.739. The molecule has 1 unspecified atom stereocenters. The third kappa shape index (κ3) is 3.50. The SMILES string of the molecule is COCCNC(C)(C#N)c1cc(Br)ccc1F. The van der Waals surface area contributed by atoms with Crippen LogP contribution in [0.3, 0.4) is 0 Å². The van der Waals surface area contributed by atoms with Crippen LogP contribution >= 0.6 is 15.9 Å². The predicted molar refractivity (Wildman–Crippen MR) is 66.9 cm³/mol. The molecule has 0 fully saturated rings. The van der Waals surface area contributed by atoms with Gasteiger partial charge in [0, 0.05) is 23.7 Å². The van der Waals surface area contributed by atoms with E-state index < -0.39 is 11.4 Å². The third-order valence-corrected chi connectivity index (χ3v) is 2.97. The van der Waals surface area contributed by atoms with Crippen molar-refractivity contribution in [3.05, 3.63) is 34.1 Å². The summed E-state index contributed by atoms with van der Waals surface area (Å²) in [4.78, 5) is 0. The first-order valence-corrected chi connectivity index (χ1v) is 5.93. The van der Waals surface area contributed by atoms with Crippen molar-refractivity contribution in [1.29, 1.82) is 5.26 Å². The highest BCUT2D eigenvalue weighted by atomic mass is 79.9. The lowest BCUT2D eigenvalue weighted by Crippen LogP contribution is -2.40. The lowest BCUT2D eigenvalue weighted by molar-refractivity contribution is 0.192. The minimum Gasteiger partial charge on any atom is -0.383 e. The van der Waals surface area contributed by atoms with Gasteiger partial charge in [-0.05, 0) is 25.1 Å². The molecule has 0 aliphatic rings. The van der Waals surface area contributed by atoms with Crippen molar-refractivity contribution in [2.75, 3.05) is 20.3 Å². The predicted octanol–water partition coefficient (Wildman–Crippen LogP) is 2.56. The molecule has 0 aromatic heterocycles. The highest BCUT2D eigenvalue weighted by Crippen LogP contribution is 2.26. The first kappa shape index (κ1) is 14.1. The zero-order chi connectivity index (χ0) is 12.9. The zero-order valence-corrected chi connectivity index (χ0v) is 11.3. The maximum absolute atomic E-state index is 13.7. The maximum atomic E-state index is 13.7. The van der Waals surface area contributed by atoms with E-state index in [0.717, 1.165) is 4.47 Å². The first-order valence-electron chi connectivity index (χ1n) is 5.14. The van der Waals surface area contributed by atoms with Crippen LogP contribution < -0.4 is 5.32 Å². The van der Waals surface area contributed by atoms with E-state index in [1.54, 1.807) is 26.2 Å². The Kier molecular flexibility index (Phi) is 5.06. The molecule has 0 saturated heterocycles. The van der Waals surface area contributed by atoms with Crippen LogP contribution in [-0.4, -0.2) is 20.3 Å². The average Bonchev–Trinajstić information content (AvgIpc) is 2.32. The summed E-state index contributed by atoms with van der Waals surface area (Å²) in [6, 6.07) is 6.65. The van der Waals surface area contributed by atoms with Gasteiger partial charge in [0.1, 0.15) is 11.4 Å². The fourth-order valence-corrected chi connectivity index (χ4v) is 1.84. The lowest BCUT2D eigenvalue weighted by Gasteiger charge is -2.24. The molecule has 0 radical (unpaired) electrons. The largest absolute Gasteiger partial charge is 0.383 e. The summed E-state index contributed by atoms with van der Waals surface area (Å²) in [6.07, 6.45) is 0. The summed E-state index contributed by atoms with van der Waals surface area (Å²) in [7, 11) is 1.57. The van der Waals surface area contributed by atoms with Gasteiger partial charge >= 0.3 is 0 Å². The van der Waals surface area contributed by atoms with Crippen LogP contribution in [0.25, 0.3) is 0 Å². The molecule has 1 atom stereocenters. The number of benzene rings is 1. The molecular weight excluding hydrogens is 287 g/mol. The molecule has 0 heterocycles. The topological polar surface area (TPSA) is 45.0 Å². The van der Waals surface area contributed by atoms with E-state index in [-0.39, 0.29) is 0 Å². The molecule has 0 saturated carbocycles. The Bertz CT molecular complexity index is 433. The molecule has 3 nitrogen and oxygen atoms in total. The highest BCUT2D eigenvalue weighted by molar-refractivity contribution is 9.10. The van der Waals surface area contributed by atoms with E-state index in [1.807, 2.05) is 0 Å². The second kappa shape index (κ2) is 6.10. The number of rotatable bonds is 5. The van der Waals surface area contributed by atoms with Crippen LogP contribution in [0.4, 0.5) is 4.39 Å². The Labute approximate surface area is 109 Å². The number of hydrogen-bond donors (Lipinski definition) is 1. The number of nitrogens with zero attached hydrogens (tertiary/aromatic N) is 1. The van der Waals surface area contributed by atoms with Crippen LogP contribution in [0.1, 0.15) is 12.5 Å². The second-order valence-electron chi connectivity index (χ2n) is 3.78. The van der Waals surface area contributed by atoms with Gasteiger partial charge in [-0.2, -0.15) is 5.26 Å². The van der Waals surface area contributed by atoms with Crippen LogP contribution in [0.2, 0.25) is 0 Å². The van der Waals surface area contributed by atoms with Crippen molar-refractivity contribution in [2.45, 2.75) is 12.5 Å². The molecule has 92 valence electrons. The second-order valence-corrected chi connectivity index (χ2v) is 4.70. The average molecular weight is 301 g/mol. The van der Waals surface area contributed by atoms with E-state index in [9.17, 15) is 9.65 Å². The number of hydrogen-bond acceptors (Lipinski definition) is 3. The molecule has 0 amide bonds. The van der Waals surface area contributed by atoms with Gasteiger partial charge in [0.05, 0.1) is 12.7 Å². The number of halogens is 2. The molecule has 0 aliphatic heterocycles. The van der Waals surface area contributed by atoms with Crippen LogP contribution in [0, 0.1) is 17.1 Å². The van der Waals surface area contributed by atoms with Gasteiger partial charge < -0.3 is 4.74 Å². The Balaban J connectivity index is 2.99. The van der Waals surface area contributed by atoms with Crippen LogP contribution in [0.5, 0.6) is 0 Å². The molecule has 1 aromatic rings. The van der Waals surface area contributed by atoms with E-state index >= 15 is 0 Å². The Morgan fingerprint density at radius 3 is 2.88 bits per heavy atom. The van der Waals surface area contributed by atoms with Gasteiger partial charge in [0.2, 0.25) is 0 Å². The normalized spacial score (nSPS) is 14.1. The Morgan fingerprint density at radius 1 is 1.59 bits per heavy atom. The number of nitrogens with one attached hydrogen (secondary N) is 1. The van der Waals surface area contributed by atoms with Gasteiger partial charge in [0.15, 0.2) is 0 Å². The molecular formula is C12H14BrFN2O. The summed E-state index contributed by atoms with van der Waals surface area (Å²) in [6.45, 7) is 2.59. The summed E-state index contributed by atoms with van der Waals surface area (Å²) in [5.74, 6) is -0.401. The quantitative estimate of drug-likeness (QED) is 0.850. The van der Waals surface area contributed by atoms with Gasteiger partial charge in [-0.25, -0.2) is 4.39 Å². The van der Waals surface area contributed by atoms with Crippen LogP contribution in [0.15, 0.2) is 22.7 Å². The van der Waals surface area contributed by atoms with E-state index in [2.05, 4.69) is 27.3 Å². The highest BCUT2D eigenvalue weighted by Gasteiger charge is 2.28. The molecule has 17 heavy (non-hydrogen) atoms. The van der Waals surface area contributed by atoms with Crippen molar-refractivity contribution < 1.29 is 9.13 Å².